The zero-order valence-corrected chi connectivity index (χ0v) is 7.75. The number of hydrogen-bond donors (Lipinski definition) is 2. The van der Waals surface area contributed by atoms with Gasteiger partial charge in [-0.25, -0.2) is 4.79 Å². The zero-order valence-electron chi connectivity index (χ0n) is 6.99. The number of benzene rings is 1. The molecule has 0 unspecified atom stereocenters. The number of carbonyl (C=O) groups is 1. The molecule has 0 aliphatic rings. The summed E-state index contributed by atoms with van der Waals surface area (Å²) in [6, 6.07) is 4.15. The van der Waals surface area contributed by atoms with Crippen molar-refractivity contribution in [2.45, 2.75) is 6.61 Å². The van der Waals surface area contributed by atoms with Gasteiger partial charge in [-0.05, 0) is 17.7 Å². The van der Waals surface area contributed by atoms with E-state index < -0.39 is 5.97 Å². The second kappa shape index (κ2) is 4.09. The third-order valence-electron chi connectivity index (χ3n) is 1.71. The third-order valence-corrected chi connectivity index (χ3v) is 2.06. The zero-order chi connectivity index (χ0) is 10.7. The van der Waals surface area contributed by atoms with Crippen molar-refractivity contribution in [2.75, 3.05) is 0 Å². The summed E-state index contributed by atoms with van der Waals surface area (Å²) in [6.07, 6.45) is 0. The van der Waals surface area contributed by atoms with Crippen LogP contribution in [0.3, 0.4) is 0 Å². The summed E-state index contributed by atoms with van der Waals surface area (Å²) in [5.74, 6) is -1.21. The molecule has 1 aromatic rings. The topological polar surface area (TPSA) is 81.3 Å². The lowest BCUT2D eigenvalue weighted by atomic mass is 10.1. The maximum Gasteiger partial charge on any atom is 0.337 e. The van der Waals surface area contributed by atoms with E-state index in [4.69, 9.17) is 27.1 Å². The van der Waals surface area contributed by atoms with Crippen LogP contribution in [0.4, 0.5) is 0 Å². The van der Waals surface area contributed by atoms with Crippen LogP contribution in [0.1, 0.15) is 21.5 Å². The Bertz CT molecular complexity index is 423. The van der Waals surface area contributed by atoms with Crippen LogP contribution in [0.5, 0.6) is 0 Å². The molecule has 2 N–H and O–H groups in total. The largest absolute Gasteiger partial charge is 0.478 e. The molecule has 0 aromatic heterocycles. The van der Waals surface area contributed by atoms with Gasteiger partial charge in [-0.2, -0.15) is 5.26 Å². The summed E-state index contributed by atoms with van der Waals surface area (Å²) < 4.78 is 0. The molecule has 0 atom stereocenters. The molecule has 0 bridgehead atoms. The van der Waals surface area contributed by atoms with Gasteiger partial charge in [0.2, 0.25) is 0 Å². The first kappa shape index (κ1) is 10.5. The smallest absolute Gasteiger partial charge is 0.337 e. The second-order valence-corrected chi connectivity index (χ2v) is 2.97. The molecule has 0 fully saturated rings. The Morgan fingerprint density at radius 2 is 2.21 bits per heavy atom. The highest BCUT2D eigenvalue weighted by atomic mass is 35.5. The van der Waals surface area contributed by atoms with Gasteiger partial charge in [0, 0.05) is 5.02 Å². The van der Waals surface area contributed by atoms with Crippen molar-refractivity contribution in [3.8, 4) is 6.07 Å². The fourth-order valence-electron chi connectivity index (χ4n) is 1.01. The minimum Gasteiger partial charge on any atom is -0.478 e. The number of aliphatic hydroxyl groups excluding tert-OH is 1. The highest BCUT2D eigenvalue weighted by molar-refractivity contribution is 6.31. The van der Waals surface area contributed by atoms with Crippen molar-refractivity contribution in [1.29, 1.82) is 5.26 Å². The summed E-state index contributed by atoms with van der Waals surface area (Å²) in [6.45, 7) is -0.356. The average Bonchev–Trinajstić information content (AvgIpc) is 2.16. The van der Waals surface area contributed by atoms with Crippen molar-refractivity contribution in [2.24, 2.45) is 0 Å². The van der Waals surface area contributed by atoms with Gasteiger partial charge < -0.3 is 10.2 Å². The minimum absolute atomic E-state index is 0.0142. The molecule has 0 aliphatic carbocycles. The normalized spacial score (nSPS) is 9.50. The van der Waals surface area contributed by atoms with E-state index in [-0.39, 0.29) is 22.8 Å². The molecule has 4 nitrogen and oxygen atoms in total. The van der Waals surface area contributed by atoms with Crippen molar-refractivity contribution >= 4 is 17.6 Å². The number of nitriles is 1. The number of hydrogen-bond acceptors (Lipinski definition) is 3. The van der Waals surface area contributed by atoms with E-state index in [1.165, 1.54) is 12.1 Å². The predicted molar refractivity (Wildman–Crippen MR) is 49.0 cm³/mol. The Kier molecular flexibility index (Phi) is 3.07. The fourth-order valence-corrected chi connectivity index (χ4v) is 1.23. The van der Waals surface area contributed by atoms with Crippen molar-refractivity contribution < 1.29 is 15.0 Å². The van der Waals surface area contributed by atoms with Crippen molar-refractivity contribution in [3.05, 3.63) is 33.8 Å². The lowest BCUT2D eigenvalue weighted by Crippen LogP contribution is -2.02. The molecule has 0 amide bonds. The Morgan fingerprint density at radius 1 is 1.57 bits per heavy atom. The monoisotopic (exact) mass is 211 g/mol. The summed E-state index contributed by atoms with van der Waals surface area (Å²) in [7, 11) is 0. The van der Waals surface area contributed by atoms with Gasteiger partial charge in [0.1, 0.15) is 6.07 Å². The number of carboxylic acids is 1. The van der Waals surface area contributed by atoms with Crippen LogP contribution in [-0.4, -0.2) is 16.2 Å². The Hall–Kier alpha value is -1.57. The van der Waals surface area contributed by atoms with Gasteiger partial charge >= 0.3 is 5.97 Å². The molecule has 1 aromatic carbocycles. The van der Waals surface area contributed by atoms with Gasteiger partial charge in [-0.3, -0.25) is 0 Å². The third kappa shape index (κ3) is 1.84. The van der Waals surface area contributed by atoms with Gasteiger partial charge in [0.25, 0.3) is 0 Å². The maximum absolute atomic E-state index is 10.7. The van der Waals surface area contributed by atoms with Crippen molar-refractivity contribution in [3.63, 3.8) is 0 Å². The van der Waals surface area contributed by atoms with Gasteiger partial charge in [0.15, 0.2) is 0 Å². The van der Waals surface area contributed by atoms with Crippen LogP contribution in [0.25, 0.3) is 0 Å². The van der Waals surface area contributed by atoms with Crippen LogP contribution < -0.4 is 0 Å². The number of aliphatic hydroxyl groups is 1. The molecule has 0 radical (unpaired) electrons. The molecule has 0 heterocycles. The predicted octanol–water partition coefficient (Wildman–Crippen LogP) is 1.40. The minimum atomic E-state index is -1.21. The first-order chi connectivity index (χ1) is 6.60. The van der Waals surface area contributed by atoms with Crippen LogP contribution >= 0.6 is 11.6 Å². The Balaban J connectivity index is 3.42. The van der Waals surface area contributed by atoms with Crippen LogP contribution in [0.15, 0.2) is 12.1 Å². The molecule has 5 heteroatoms. The van der Waals surface area contributed by atoms with E-state index in [2.05, 4.69) is 0 Å². The molecule has 14 heavy (non-hydrogen) atoms. The van der Waals surface area contributed by atoms with E-state index in [1.807, 2.05) is 0 Å². The molecule has 1 rings (SSSR count). The van der Waals surface area contributed by atoms with E-state index >= 15 is 0 Å². The number of rotatable bonds is 2. The highest BCUT2D eigenvalue weighted by Crippen LogP contribution is 2.21. The van der Waals surface area contributed by atoms with Crippen molar-refractivity contribution in [1.82, 2.24) is 0 Å². The van der Waals surface area contributed by atoms with E-state index in [1.54, 1.807) is 6.07 Å². The first-order valence-electron chi connectivity index (χ1n) is 3.66. The molecule has 0 saturated carbocycles. The lowest BCUT2D eigenvalue weighted by Gasteiger charge is -2.03. The number of carboxylic acid groups (broad SMARTS) is 1. The molecule has 0 aliphatic heterocycles. The van der Waals surface area contributed by atoms with Gasteiger partial charge in [-0.1, -0.05) is 11.6 Å². The number of halogens is 1. The average molecular weight is 212 g/mol. The van der Waals surface area contributed by atoms with E-state index in [9.17, 15) is 4.79 Å². The number of nitrogens with zero attached hydrogens (tertiary/aromatic N) is 1. The van der Waals surface area contributed by atoms with Crippen LogP contribution in [0.2, 0.25) is 5.02 Å². The quantitative estimate of drug-likeness (QED) is 0.775. The summed E-state index contributed by atoms with van der Waals surface area (Å²) in [5, 5.41) is 26.4. The molecular formula is C9H6ClNO3. The number of aromatic carboxylic acids is 1. The van der Waals surface area contributed by atoms with E-state index in [0.717, 1.165) is 0 Å². The first-order valence-corrected chi connectivity index (χ1v) is 4.04. The summed E-state index contributed by atoms with van der Waals surface area (Å²) in [5.41, 5.74) is 0.128. The maximum atomic E-state index is 10.7. The van der Waals surface area contributed by atoms with Crippen LogP contribution in [0, 0.1) is 11.3 Å². The summed E-state index contributed by atoms with van der Waals surface area (Å²) >= 11 is 5.68. The summed E-state index contributed by atoms with van der Waals surface area (Å²) in [4.78, 5) is 10.7. The Labute approximate surface area is 85.0 Å². The second-order valence-electron chi connectivity index (χ2n) is 2.56. The van der Waals surface area contributed by atoms with Crippen LogP contribution in [-0.2, 0) is 6.61 Å². The fraction of sp³-hybridized carbons (Fsp3) is 0.111. The van der Waals surface area contributed by atoms with Gasteiger partial charge in [-0.15, -0.1) is 0 Å². The standard InChI is InChI=1S/C9H6ClNO3/c10-8-2-5(3-11)7(9(13)14)1-6(8)4-12/h1-2,12H,4H2,(H,13,14). The Morgan fingerprint density at radius 3 is 2.64 bits per heavy atom. The lowest BCUT2D eigenvalue weighted by molar-refractivity contribution is 0.0696. The SMILES string of the molecule is N#Cc1cc(Cl)c(CO)cc1C(=O)O. The van der Waals surface area contributed by atoms with E-state index in [0.29, 0.717) is 5.56 Å². The molecular weight excluding hydrogens is 206 g/mol. The molecule has 0 saturated heterocycles. The molecule has 0 spiro atoms. The highest BCUT2D eigenvalue weighted by Gasteiger charge is 2.13. The molecule has 72 valence electrons. The van der Waals surface area contributed by atoms with Gasteiger partial charge in [0.05, 0.1) is 17.7 Å².